The monoisotopic (exact) mass is 439 g/mol. The lowest BCUT2D eigenvalue weighted by Crippen LogP contribution is -2.14. The van der Waals surface area contributed by atoms with E-state index in [2.05, 4.69) is 15.1 Å². The molecule has 0 N–H and O–H groups in total. The average molecular weight is 440 g/mol. The fourth-order valence-corrected chi connectivity index (χ4v) is 4.62. The van der Waals surface area contributed by atoms with E-state index in [0.29, 0.717) is 11.2 Å². The minimum atomic E-state index is -3.75. The van der Waals surface area contributed by atoms with Crippen molar-refractivity contribution in [1.82, 2.24) is 24.3 Å². The van der Waals surface area contributed by atoms with Crippen LogP contribution in [0.25, 0.3) is 28.0 Å². The molecule has 4 aromatic rings. The second-order valence-corrected chi connectivity index (χ2v) is 9.28. The first-order valence-corrected chi connectivity index (χ1v) is 10.7. The van der Waals surface area contributed by atoms with Crippen LogP contribution in [0.3, 0.4) is 0 Å². The summed E-state index contributed by atoms with van der Waals surface area (Å²) in [6.07, 6.45) is 1.08. The van der Waals surface area contributed by atoms with Crippen LogP contribution in [0.15, 0.2) is 35.5 Å². The lowest BCUT2D eigenvalue weighted by atomic mass is 10.2. The number of aryl methyl sites for hydroxylation is 1. The van der Waals surface area contributed by atoms with E-state index in [9.17, 15) is 17.2 Å². The summed E-state index contributed by atoms with van der Waals surface area (Å²) in [6.45, 7) is 2.29. The van der Waals surface area contributed by atoms with E-state index < -0.39 is 15.8 Å². The van der Waals surface area contributed by atoms with Gasteiger partial charge in [0.2, 0.25) is 5.95 Å². The first-order valence-electron chi connectivity index (χ1n) is 8.65. The molecule has 11 heteroatoms. The van der Waals surface area contributed by atoms with Crippen molar-refractivity contribution in [2.45, 2.75) is 24.8 Å². The highest BCUT2D eigenvalue weighted by atomic mass is 35.5. The molecule has 0 aliphatic heterocycles. The van der Waals surface area contributed by atoms with Gasteiger partial charge in [0.15, 0.2) is 20.5 Å². The van der Waals surface area contributed by atoms with Crippen molar-refractivity contribution < 1.29 is 17.2 Å². The number of hydrogen-bond donors (Lipinski definition) is 0. The molecule has 0 saturated heterocycles. The van der Waals surface area contributed by atoms with Crippen molar-refractivity contribution in [2.75, 3.05) is 5.75 Å². The number of fused-ring (bicyclic) bond motifs is 2. The number of pyridine rings is 1. The number of hydrogen-bond acceptors (Lipinski definition) is 5. The topological polar surface area (TPSA) is 82.7 Å². The third-order valence-electron chi connectivity index (χ3n) is 4.66. The van der Waals surface area contributed by atoms with Crippen molar-refractivity contribution in [3.63, 3.8) is 0 Å². The normalized spacial score (nSPS) is 12.9. The highest BCUT2D eigenvalue weighted by molar-refractivity contribution is 7.91. The van der Waals surface area contributed by atoms with Crippen LogP contribution in [0.2, 0.25) is 5.02 Å². The van der Waals surface area contributed by atoms with Gasteiger partial charge in [0, 0.05) is 25.7 Å². The number of alkyl halides is 2. The van der Waals surface area contributed by atoms with Gasteiger partial charge in [-0.2, -0.15) is 9.78 Å². The summed E-state index contributed by atoms with van der Waals surface area (Å²) in [5.41, 5.74) is 0.612. The molecule has 0 fully saturated rings. The number of aromatic nitrogens is 5. The van der Waals surface area contributed by atoms with Gasteiger partial charge < -0.3 is 0 Å². The Labute approximate surface area is 169 Å². The first-order chi connectivity index (χ1) is 13.5. The second kappa shape index (κ2) is 6.46. The van der Waals surface area contributed by atoms with Crippen molar-refractivity contribution in [1.29, 1.82) is 0 Å². The van der Waals surface area contributed by atoms with E-state index in [1.165, 1.54) is 22.2 Å². The maximum absolute atomic E-state index is 13.7. The number of nitrogens with zero attached hydrogens (tertiary/aromatic N) is 5. The zero-order chi connectivity index (χ0) is 21.1. The fourth-order valence-electron chi connectivity index (χ4n) is 3.12. The molecule has 4 rings (SSSR count). The molecule has 0 saturated carbocycles. The molecule has 0 radical (unpaired) electrons. The van der Waals surface area contributed by atoms with E-state index in [1.54, 1.807) is 25.2 Å². The minimum absolute atomic E-state index is 0.0972. The molecule has 1 aromatic carbocycles. The smallest absolute Gasteiger partial charge is 0.272 e. The van der Waals surface area contributed by atoms with Crippen molar-refractivity contribution >= 4 is 43.5 Å². The van der Waals surface area contributed by atoms with E-state index in [-0.39, 0.29) is 38.2 Å². The van der Waals surface area contributed by atoms with Crippen LogP contribution in [-0.4, -0.2) is 38.5 Å². The SMILES string of the molecule is CCS(=O)(=O)c1c2c(Cl)cccc2nn1-c1nc2cc(C(C)(F)F)cnc2n1C. The van der Waals surface area contributed by atoms with Gasteiger partial charge in [-0.05, 0) is 18.2 Å². The number of rotatable bonds is 4. The maximum atomic E-state index is 13.7. The van der Waals surface area contributed by atoms with Gasteiger partial charge in [-0.1, -0.05) is 24.6 Å². The number of halogens is 3. The van der Waals surface area contributed by atoms with Gasteiger partial charge >= 0.3 is 0 Å². The Kier molecular flexibility index (Phi) is 4.39. The number of imidazole rings is 1. The maximum Gasteiger partial charge on any atom is 0.272 e. The van der Waals surface area contributed by atoms with Crippen LogP contribution in [0.4, 0.5) is 8.78 Å². The van der Waals surface area contributed by atoms with Gasteiger partial charge in [0.25, 0.3) is 5.92 Å². The predicted octanol–water partition coefficient (Wildman–Crippen LogP) is 3.87. The summed E-state index contributed by atoms with van der Waals surface area (Å²) in [5, 5.41) is 4.81. The van der Waals surface area contributed by atoms with Crippen LogP contribution in [0, 0.1) is 0 Å². The summed E-state index contributed by atoms with van der Waals surface area (Å²) in [5.74, 6) is -3.12. The van der Waals surface area contributed by atoms with E-state index >= 15 is 0 Å². The minimum Gasteiger partial charge on any atom is -0.296 e. The molecule has 0 aliphatic rings. The Hall–Kier alpha value is -2.59. The molecule has 0 aliphatic carbocycles. The summed E-state index contributed by atoms with van der Waals surface area (Å²) < 4.78 is 55.8. The van der Waals surface area contributed by atoms with Gasteiger partial charge in [0.05, 0.1) is 21.7 Å². The summed E-state index contributed by atoms with van der Waals surface area (Å²) >= 11 is 6.27. The van der Waals surface area contributed by atoms with Crippen LogP contribution in [0.1, 0.15) is 19.4 Å². The Morgan fingerprint density at radius 1 is 1.24 bits per heavy atom. The summed E-state index contributed by atoms with van der Waals surface area (Å²) in [4.78, 5) is 8.43. The standard InChI is InChI=1S/C18H16ClF2N5O2S/c1-4-29(27,28)16-14-11(19)6-5-7-12(14)24-26(16)17-23-13-8-10(18(2,20)21)9-22-15(13)25(17)3/h5-9H,4H2,1-3H3. The highest BCUT2D eigenvalue weighted by Crippen LogP contribution is 2.33. The van der Waals surface area contributed by atoms with Crippen LogP contribution in [-0.2, 0) is 22.8 Å². The third kappa shape index (κ3) is 3.06. The number of sulfone groups is 1. The Morgan fingerprint density at radius 2 is 1.97 bits per heavy atom. The second-order valence-electron chi connectivity index (χ2n) is 6.68. The van der Waals surface area contributed by atoms with Crippen LogP contribution < -0.4 is 0 Å². The summed E-state index contributed by atoms with van der Waals surface area (Å²) in [7, 11) is -2.14. The van der Waals surface area contributed by atoms with Gasteiger partial charge in [0.1, 0.15) is 5.52 Å². The number of benzene rings is 1. The van der Waals surface area contributed by atoms with E-state index in [4.69, 9.17) is 11.6 Å². The van der Waals surface area contributed by atoms with E-state index in [1.807, 2.05) is 0 Å². The highest BCUT2D eigenvalue weighted by Gasteiger charge is 2.29. The van der Waals surface area contributed by atoms with E-state index in [0.717, 1.165) is 13.1 Å². The lowest BCUT2D eigenvalue weighted by Gasteiger charge is -2.09. The third-order valence-corrected chi connectivity index (χ3v) is 6.70. The van der Waals surface area contributed by atoms with Gasteiger partial charge in [-0.3, -0.25) is 4.57 Å². The van der Waals surface area contributed by atoms with Crippen LogP contribution in [0.5, 0.6) is 0 Å². The molecule has 0 atom stereocenters. The van der Waals surface area contributed by atoms with Crippen molar-refractivity contribution in [3.8, 4) is 5.95 Å². The molecule has 0 bridgehead atoms. The molecule has 7 nitrogen and oxygen atoms in total. The Balaban J connectivity index is 2.07. The molecule has 3 aromatic heterocycles. The molecule has 3 heterocycles. The Morgan fingerprint density at radius 3 is 2.62 bits per heavy atom. The predicted molar refractivity (Wildman–Crippen MR) is 105 cm³/mol. The van der Waals surface area contributed by atoms with Crippen LogP contribution >= 0.6 is 11.6 Å². The average Bonchev–Trinajstić information content (AvgIpc) is 3.20. The molecule has 29 heavy (non-hydrogen) atoms. The molecule has 152 valence electrons. The molecule has 0 unspecified atom stereocenters. The molecular formula is C18H16ClF2N5O2S. The molecular weight excluding hydrogens is 424 g/mol. The molecule has 0 amide bonds. The van der Waals surface area contributed by atoms with Gasteiger partial charge in [-0.25, -0.2) is 27.2 Å². The quantitative estimate of drug-likeness (QED) is 0.482. The van der Waals surface area contributed by atoms with Crippen molar-refractivity contribution in [2.24, 2.45) is 7.05 Å². The summed E-state index contributed by atoms with van der Waals surface area (Å²) in [6, 6.07) is 6.12. The largest absolute Gasteiger partial charge is 0.296 e. The van der Waals surface area contributed by atoms with Crippen molar-refractivity contribution in [3.05, 3.63) is 41.0 Å². The zero-order valence-electron chi connectivity index (χ0n) is 15.7. The fraction of sp³-hybridized carbons (Fsp3) is 0.278. The van der Waals surface area contributed by atoms with Gasteiger partial charge in [-0.15, -0.1) is 0 Å². The first kappa shape index (κ1) is 19.7. The zero-order valence-corrected chi connectivity index (χ0v) is 17.3. The molecule has 0 spiro atoms. The Bertz CT molecular complexity index is 1370. The lowest BCUT2D eigenvalue weighted by molar-refractivity contribution is 0.0172.